The molecule has 2 N–H and O–H groups in total. The summed E-state index contributed by atoms with van der Waals surface area (Å²) in [6, 6.07) is 9.24. The molecule has 0 amide bonds. The first-order valence-electron chi connectivity index (χ1n) is 9.35. The maximum atomic E-state index is 6.26. The fraction of sp³-hybridized carbons (Fsp3) is 0.300. The minimum absolute atomic E-state index is 0.288. The fourth-order valence-corrected chi connectivity index (χ4v) is 4.10. The van der Waals surface area contributed by atoms with Crippen LogP contribution in [0.4, 0.5) is 0 Å². The SMILES string of the molecule is CCOc1cc(CNn2c(CC)n[nH]c2=S)cc(Br)c1OCc1ccc(Cl)cc1Cl. The molecule has 2 aromatic carbocycles. The molecule has 0 aliphatic rings. The second-order valence-electron chi connectivity index (χ2n) is 6.33. The monoisotopic (exact) mass is 530 g/mol. The molecule has 0 aliphatic heterocycles. The second-order valence-corrected chi connectivity index (χ2v) is 8.42. The van der Waals surface area contributed by atoms with Crippen LogP contribution in [0.25, 0.3) is 0 Å². The van der Waals surface area contributed by atoms with Crippen molar-refractivity contribution >= 4 is 51.3 Å². The summed E-state index contributed by atoms with van der Waals surface area (Å²) in [5.74, 6) is 2.09. The highest BCUT2D eigenvalue weighted by atomic mass is 79.9. The molecule has 30 heavy (non-hydrogen) atoms. The van der Waals surface area contributed by atoms with Crippen LogP contribution in [0.15, 0.2) is 34.8 Å². The quantitative estimate of drug-likeness (QED) is 0.317. The molecule has 0 bridgehead atoms. The van der Waals surface area contributed by atoms with Crippen molar-refractivity contribution in [2.45, 2.75) is 33.4 Å². The van der Waals surface area contributed by atoms with E-state index in [2.05, 4.69) is 31.6 Å². The van der Waals surface area contributed by atoms with Crippen molar-refractivity contribution in [3.63, 3.8) is 0 Å². The van der Waals surface area contributed by atoms with E-state index in [1.54, 1.807) is 16.8 Å². The highest BCUT2D eigenvalue weighted by Gasteiger charge is 2.14. The number of H-pyrrole nitrogens is 1. The molecule has 6 nitrogen and oxygen atoms in total. The largest absolute Gasteiger partial charge is 0.490 e. The second kappa shape index (κ2) is 10.5. The lowest BCUT2D eigenvalue weighted by molar-refractivity contribution is 0.267. The number of aromatic amines is 1. The minimum atomic E-state index is 0.288. The third kappa shape index (κ3) is 5.49. The van der Waals surface area contributed by atoms with Gasteiger partial charge in [-0.2, -0.15) is 5.10 Å². The lowest BCUT2D eigenvalue weighted by atomic mass is 10.2. The van der Waals surface area contributed by atoms with Gasteiger partial charge in [-0.1, -0.05) is 36.2 Å². The molecule has 1 aromatic heterocycles. The third-order valence-electron chi connectivity index (χ3n) is 4.26. The molecule has 3 aromatic rings. The van der Waals surface area contributed by atoms with Crippen molar-refractivity contribution in [1.82, 2.24) is 14.9 Å². The number of rotatable bonds is 9. The summed E-state index contributed by atoms with van der Waals surface area (Å²) < 4.78 is 14.9. The van der Waals surface area contributed by atoms with Gasteiger partial charge < -0.3 is 14.9 Å². The predicted molar refractivity (Wildman–Crippen MR) is 126 cm³/mol. The predicted octanol–water partition coefficient (Wildman–Crippen LogP) is 6.29. The van der Waals surface area contributed by atoms with E-state index in [0.29, 0.717) is 39.5 Å². The van der Waals surface area contributed by atoms with Crippen LogP contribution in [0.2, 0.25) is 10.0 Å². The standard InChI is InChI=1S/C20H21BrCl2N4O2S/c1-3-18-25-26-20(30)27(18)24-10-12-7-15(21)19(17(8-12)28-4-2)29-11-13-5-6-14(22)9-16(13)23/h5-9,24H,3-4,10-11H2,1-2H3,(H,26,30). The normalized spacial score (nSPS) is 10.8. The molecule has 160 valence electrons. The van der Waals surface area contributed by atoms with Gasteiger partial charge in [-0.05, 0) is 64.9 Å². The molecule has 10 heteroatoms. The van der Waals surface area contributed by atoms with E-state index >= 15 is 0 Å². The first-order chi connectivity index (χ1) is 14.4. The Balaban J connectivity index is 1.79. The van der Waals surface area contributed by atoms with Gasteiger partial charge in [-0.25, -0.2) is 4.68 Å². The lowest BCUT2D eigenvalue weighted by Crippen LogP contribution is -2.17. The number of ether oxygens (including phenoxy) is 2. The van der Waals surface area contributed by atoms with Crippen molar-refractivity contribution in [3.05, 3.63) is 66.6 Å². The van der Waals surface area contributed by atoms with Crippen molar-refractivity contribution < 1.29 is 9.47 Å². The topological polar surface area (TPSA) is 64.1 Å². The number of hydrogen-bond acceptors (Lipinski definition) is 5. The first kappa shape index (κ1) is 22.9. The molecule has 1 heterocycles. The van der Waals surface area contributed by atoms with Gasteiger partial charge in [0.1, 0.15) is 6.61 Å². The minimum Gasteiger partial charge on any atom is -0.490 e. The van der Waals surface area contributed by atoms with Crippen molar-refractivity contribution in [2.24, 2.45) is 0 Å². The fourth-order valence-electron chi connectivity index (χ4n) is 2.82. The Labute approximate surface area is 198 Å². The number of benzene rings is 2. The highest BCUT2D eigenvalue weighted by molar-refractivity contribution is 9.10. The zero-order chi connectivity index (χ0) is 21.7. The molecular formula is C20H21BrCl2N4O2S. The molecule has 0 unspecified atom stereocenters. The van der Waals surface area contributed by atoms with Crippen LogP contribution in [0.1, 0.15) is 30.8 Å². The van der Waals surface area contributed by atoms with E-state index in [-0.39, 0.29) is 6.61 Å². The maximum absolute atomic E-state index is 6.26. The molecule has 0 radical (unpaired) electrons. The molecule has 0 spiro atoms. The molecule has 3 rings (SSSR count). The van der Waals surface area contributed by atoms with Gasteiger partial charge in [0.15, 0.2) is 17.3 Å². The average molecular weight is 532 g/mol. The van der Waals surface area contributed by atoms with Crippen molar-refractivity contribution in [2.75, 3.05) is 12.0 Å². The van der Waals surface area contributed by atoms with Crippen LogP contribution in [0.3, 0.4) is 0 Å². The third-order valence-corrected chi connectivity index (χ3v) is 5.71. The van der Waals surface area contributed by atoms with Crippen LogP contribution in [-0.2, 0) is 19.6 Å². The smallest absolute Gasteiger partial charge is 0.214 e. The van der Waals surface area contributed by atoms with E-state index in [1.807, 2.05) is 32.0 Å². The Morgan fingerprint density at radius 1 is 1.20 bits per heavy atom. The Kier molecular flexibility index (Phi) is 8.05. The lowest BCUT2D eigenvalue weighted by Gasteiger charge is -2.17. The number of nitrogens with one attached hydrogen (secondary N) is 2. The van der Waals surface area contributed by atoms with Crippen LogP contribution >= 0.6 is 51.3 Å². The van der Waals surface area contributed by atoms with E-state index in [9.17, 15) is 0 Å². The highest BCUT2D eigenvalue weighted by Crippen LogP contribution is 2.38. The van der Waals surface area contributed by atoms with Gasteiger partial charge in [-0.3, -0.25) is 5.10 Å². The molecule has 0 atom stereocenters. The van der Waals surface area contributed by atoms with Crippen LogP contribution in [0.5, 0.6) is 11.5 Å². The molecular weight excluding hydrogens is 511 g/mol. The Hall–Kier alpha value is -1.74. The number of aryl methyl sites for hydroxylation is 1. The van der Waals surface area contributed by atoms with Crippen LogP contribution < -0.4 is 14.9 Å². The van der Waals surface area contributed by atoms with E-state index in [0.717, 1.165) is 27.8 Å². The summed E-state index contributed by atoms with van der Waals surface area (Å²) in [6.45, 7) is 5.27. The zero-order valence-corrected chi connectivity index (χ0v) is 20.4. The average Bonchev–Trinajstić information content (AvgIpc) is 3.07. The van der Waals surface area contributed by atoms with Crippen LogP contribution in [-0.4, -0.2) is 21.5 Å². The van der Waals surface area contributed by atoms with Gasteiger partial charge in [0, 0.05) is 22.0 Å². The summed E-state index contributed by atoms with van der Waals surface area (Å²) in [6.07, 6.45) is 0.758. The number of aromatic nitrogens is 3. The summed E-state index contributed by atoms with van der Waals surface area (Å²) in [4.78, 5) is 0. The van der Waals surface area contributed by atoms with Gasteiger partial charge in [0.25, 0.3) is 0 Å². The number of halogens is 3. The first-order valence-corrected chi connectivity index (χ1v) is 11.3. The Bertz CT molecular complexity index is 1090. The number of hydrogen-bond donors (Lipinski definition) is 2. The molecule has 0 saturated carbocycles. The zero-order valence-electron chi connectivity index (χ0n) is 16.5. The number of nitrogens with zero attached hydrogens (tertiary/aromatic N) is 2. The summed E-state index contributed by atoms with van der Waals surface area (Å²) in [5, 5.41) is 8.14. The van der Waals surface area contributed by atoms with Gasteiger partial charge in [0.05, 0.1) is 17.6 Å². The van der Waals surface area contributed by atoms with Gasteiger partial charge in [-0.15, -0.1) is 0 Å². The maximum Gasteiger partial charge on any atom is 0.214 e. The Morgan fingerprint density at radius 3 is 2.70 bits per heavy atom. The van der Waals surface area contributed by atoms with Gasteiger partial charge >= 0.3 is 0 Å². The van der Waals surface area contributed by atoms with E-state index in [4.69, 9.17) is 44.9 Å². The van der Waals surface area contributed by atoms with Crippen molar-refractivity contribution in [1.29, 1.82) is 0 Å². The molecule has 0 saturated heterocycles. The summed E-state index contributed by atoms with van der Waals surface area (Å²) >= 11 is 21.1. The molecule has 0 fully saturated rings. The summed E-state index contributed by atoms with van der Waals surface area (Å²) in [7, 11) is 0. The van der Waals surface area contributed by atoms with Gasteiger partial charge in [0.2, 0.25) is 4.77 Å². The van der Waals surface area contributed by atoms with Crippen molar-refractivity contribution in [3.8, 4) is 11.5 Å². The summed E-state index contributed by atoms with van der Waals surface area (Å²) in [5.41, 5.74) is 5.12. The van der Waals surface area contributed by atoms with E-state index < -0.39 is 0 Å². The Morgan fingerprint density at radius 2 is 2.00 bits per heavy atom. The molecule has 0 aliphatic carbocycles. The van der Waals surface area contributed by atoms with Crippen LogP contribution in [0, 0.1) is 4.77 Å². The van der Waals surface area contributed by atoms with E-state index in [1.165, 1.54) is 0 Å².